The molecule has 0 spiro atoms. The van der Waals surface area contributed by atoms with Crippen LogP contribution in [-0.4, -0.2) is 20.4 Å². The van der Waals surface area contributed by atoms with Crippen LogP contribution in [0.1, 0.15) is 23.2 Å². The highest BCUT2D eigenvalue weighted by molar-refractivity contribution is 6.15. The molecular formula is C18H13N3O2. The summed E-state index contributed by atoms with van der Waals surface area (Å²) in [5.74, 6) is 0.218. The summed E-state index contributed by atoms with van der Waals surface area (Å²) in [6.07, 6.45) is 0.419. The van der Waals surface area contributed by atoms with Gasteiger partial charge in [0, 0.05) is 23.4 Å². The quantitative estimate of drug-likeness (QED) is 0.748. The average molecular weight is 303 g/mol. The summed E-state index contributed by atoms with van der Waals surface area (Å²) < 4.78 is 1.71. The highest BCUT2D eigenvalue weighted by Crippen LogP contribution is 2.27. The summed E-state index contributed by atoms with van der Waals surface area (Å²) in [6, 6.07) is 18.7. The molecule has 5 heteroatoms. The van der Waals surface area contributed by atoms with Crippen molar-refractivity contribution in [3.8, 4) is 5.69 Å². The van der Waals surface area contributed by atoms with Crippen molar-refractivity contribution in [3.63, 3.8) is 0 Å². The second-order valence-electron chi connectivity index (χ2n) is 5.23. The van der Waals surface area contributed by atoms with Crippen LogP contribution in [0.25, 0.3) is 5.69 Å². The zero-order chi connectivity index (χ0) is 15.8. The highest BCUT2D eigenvalue weighted by atomic mass is 16.3. The van der Waals surface area contributed by atoms with Gasteiger partial charge in [-0.25, -0.2) is 4.99 Å². The zero-order valence-corrected chi connectivity index (χ0v) is 12.1. The van der Waals surface area contributed by atoms with Crippen LogP contribution in [0.5, 0.6) is 0 Å². The number of fused-ring (bicyclic) bond motifs is 3. The molecule has 0 bridgehead atoms. The fourth-order valence-corrected chi connectivity index (χ4v) is 2.76. The van der Waals surface area contributed by atoms with E-state index in [1.54, 1.807) is 10.8 Å². The van der Waals surface area contributed by atoms with Crippen LogP contribution in [-0.2, 0) is 0 Å². The monoisotopic (exact) mass is 303 g/mol. The molecule has 1 aliphatic heterocycles. The lowest BCUT2D eigenvalue weighted by atomic mass is 10.0. The van der Waals surface area contributed by atoms with Crippen LogP contribution < -0.4 is 5.56 Å². The number of para-hydroxylation sites is 1. The Labute approximate surface area is 132 Å². The maximum Gasteiger partial charge on any atom is 0.273 e. The lowest BCUT2D eigenvalue weighted by Crippen LogP contribution is -2.17. The van der Waals surface area contributed by atoms with Gasteiger partial charge >= 0.3 is 0 Å². The summed E-state index contributed by atoms with van der Waals surface area (Å²) in [5, 5.41) is 10.5. The average Bonchev–Trinajstić information content (AvgIpc) is 2.71. The molecule has 1 aromatic heterocycles. The number of aliphatic hydroxyl groups is 1. The van der Waals surface area contributed by atoms with Crippen molar-refractivity contribution in [2.24, 2.45) is 4.99 Å². The van der Waals surface area contributed by atoms with Crippen molar-refractivity contribution in [2.45, 2.75) is 6.23 Å². The van der Waals surface area contributed by atoms with Gasteiger partial charge < -0.3 is 9.67 Å². The van der Waals surface area contributed by atoms with Crippen molar-refractivity contribution in [2.75, 3.05) is 0 Å². The van der Waals surface area contributed by atoms with Crippen LogP contribution in [0.4, 0.5) is 0 Å². The van der Waals surface area contributed by atoms with E-state index in [1.165, 1.54) is 6.07 Å². The van der Waals surface area contributed by atoms with E-state index in [2.05, 4.69) is 9.98 Å². The molecule has 5 nitrogen and oxygen atoms in total. The Morgan fingerprint density at radius 2 is 1.70 bits per heavy atom. The summed E-state index contributed by atoms with van der Waals surface area (Å²) in [7, 11) is 0. The van der Waals surface area contributed by atoms with E-state index in [9.17, 15) is 9.90 Å². The lowest BCUT2D eigenvalue weighted by Gasteiger charge is -2.13. The van der Waals surface area contributed by atoms with Crippen LogP contribution in [0.3, 0.4) is 0 Å². The molecule has 4 rings (SSSR count). The number of hydrogen-bond acceptors (Lipinski definition) is 4. The predicted octanol–water partition coefficient (Wildman–Crippen LogP) is 2.07. The molecule has 112 valence electrons. The first-order valence-corrected chi connectivity index (χ1v) is 7.25. The molecule has 1 atom stereocenters. The van der Waals surface area contributed by atoms with E-state index in [-0.39, 0.29) is 5.82 Å². The Morgan fingerprint density at radius 3 is 2.52 bits per heavy atom. The molecule has 3 aromatic rings. The minimum absolute atomic E-state index is 0.218. The largest absolute Gasteiger partial charge is 0.365 e. The molecular weight excluding hydrogens is 290 g/mol. The third kappa shape index (κ3) is 2.27. The van der Waals surface area contributed by atoms with Gasteiger partial charge in [-0.2, -0.15) is 4.98 Å². The molecule has 1 aliphatic rings. The first kappa shape index (κ1) is 13.6. The standard InChI is InChI=1S/C18H13N3O2/c22-15-10-11-21-14-9-5-4-8-13(14)16(12-6-2-1-3-7-12)20-18(23)17(21)19-15/h1-11,18,23H. The maximum absolute atomic E-state index is 11.6. The van der Waals surface area contributed by atoms with Crippen LogP contribution in [0.15, 0.2) is 76.6 Å². The van der Waals surface area contributed by atoms with E-state index in [0.717, 1.165) is 16.8 Å². The molecule has 0 saturated carbocycles. The van der Waals surface area contributed by atoms with Crippen molar-refractivity contribution in [1.29, 1.82) is 0 Å². The third-order valence-corrected chi connectivity index (χ3v) is 3.79. The minimum atomic E-state index is -1.20. The summed E-state index contributed by atoms with van der Waals surface area (Å²) in [5.41, 5.74) is 2.88. The Hall–Kier alpha value is -3.05. The van der Waals surface area contributed by atoms with Crippen molar-refractivity contribution < 1.29 is 5.11 Å². The molecule has 0 saturated heterocycles. The molecule has 0 amide bonds. The smallest absolute Gasteiger partial charge is 0.273 e. The van der Waals surface area contributed by atoms with Crippen LogP contribution >= 0.6 is 0 Å². The maximum atomic E-state index is 11.6. The fraction of sp³-hybridized carbons (Fsp3) is 0.0556. The SMILES string of the molecule is O=c1ccn2c(n1)C(O)N=C(c1ccccc1)c1ccccc1-2. The molecule has 0 radical (unpaired) electrons. The van der Waals surface area contributed by atoms with Gasteiger partial charge in [0.2, 0.25) is 6.23 Å². The molecule has 23 heavy (non-hydrogen) atoms. The number of aliphatic hydroxyl groups excluding tert-OH is 1. The van der Waals surface area contributed by atoms with Crippen molar-refractivity contribution >= 4 is 5.71 Å². The Bertz CT molecular complexity index is 961. The Kier molecular flexibility index (Phi) is 3.13. The molecule has 0 fully saturated rings. The normalized spacial score (nSPS) is 16.0. The van der Waals surface area contributed by atoms with Gasteiger partial charge in [0.25, 0.3) is 5.56 Å². The number of nitrogens with zero attached hydrogens (tertiary/aromatic N) is 3. The van der Waals surface area contributed by atoms with E-state index >= 15 is 0 Å². The Balaban J connectivity index is 2.05. The molecule has 2 heterocycles. The summed E-state index contributed by atoms with van der Waals surface area (Å²) in [4.78, 5) is 19.9. The number of aromatic nitrogens is 2. The molecule has 1 unspecified atom stereocenters. The van der Waals surface area contributed by atoms with Gasteiger partial charge in [0.15, 0.2) is 5.82 Å². The molecule has 0 aliphatic carbocycles. The molecule has 1 N–H and O–H groups in total. The van der Waals surface area contributed by atoms with Crippen LogP contribution in [0, 0.1) is 0 Å². The van der Waals surface area contributed by atoms with Crippen LogP contribution in [0.2, 0.25) is 0 Å². The number of hydrogen-bond donors (Lipinski definition) is 1. The van der Waals surface area contributed by atoms with E-state index in [0.29, 0.717) is 5.71 Å². The minimum Gasteiger partial charge on any atom is -0.365 e. The van der Waals surface area contributed by atoms with Gasteiger partial charge in [-0.1, -0.05) is 48.5 Å². The summed E-state index contributed by atoms with van der Waals surface area (Å²) >= 11 is 0. The lowest BCUT2D eigenvalue weighted by molar-refractivity contribution is 0.176. The first-order valence-electron chi connectivity index (χ1n) is 7.25. The number of aliphatic imine (C=N–C) groups is 1. The van der Waals surface area contributed by atoms with Crippen molar-refractivity contribution in [3.05, 3.63) is 94.2 Å². The number of rotatable bonds is 1. The van der Waals surface area contributed by atoms with Gasteiger partial charge in [-0.15, -0.1) is 0 Å². The second kappa shape index (κ2) is 5.30. The van der Waals surface area contributed by atoms with Gasteiger partial charge in [-0.05, 0) is 6.07 Å². The predicted molar refractivity (Wildman–Crippen MR) is 86.9 cm³/mol. The third-order valence-electron chi connectivity index (χ3n) is 3.79. The van der Waals surface area contributed by atoms with Gasteiger partial charge in [0.05, 0.1) is 11.4 Å². The Morgan fingerprint density at radius 1 is 0.957 bits per heavy atom. The molecule has 2 aromatic carbocycles. The fourth-order valence-electron chi connectivity index (χ4n) is 2.76. The topological polar surface area (TPSA) is 67.5 Å². The van der Waals surface area contributed by atoms with Gasteiger partial charge in [0.1, 0.15) is 0 Å². The van der Waals surface area contributed by atoms with E-state index in [4.69, 9.17) is 0 Å². The zero-order valence-electron chi connectivity index (χ0n) is 12.1. The van der Waals surface area contributed by atoms with Gasteiger partial charge in [-0.3, -0.25) is 4.79 Å². The summed E-state index contributed by atoms with van der Waals surface area (Å²) in [6.45, 7) is 0. The second-order valence-corrected chi connectivity index (χ2v) is 5.23. The van der Waals surface area contributed by atoms with E-state index in [1.807, 2.05) is 54.6 Å². The number of benzene rings is 2. The first-order chi connectivity index (χ1) is 11.2. The van der Waals surface area contributed by atoms with Crippen molar-refractivity contribution in [1.82, 2.24) is 9.55 Å². The van der Waals surface area contributed by atoms with E-state index < -0.39 is 11.8 Å². The highest BCUT2D eigenvalue weighted by Gasteiger charge is 2.23.